The molecule has 1 heterocycles. The molecule has 0 aromatic heterocycles. The van der Waals surface area contributed by atoms with Gasteiger partial charge in [-0.05, 0) is 37.8 Å². The van der Waals surface area contributed by atoms with Crippen LogP contribution in [0.25, 0.3) is 0 Å². The Bertz CT molecular complexity index is 413. The molecular formula is C14H19NO2. The lowest BCUT2D eigenvalue weighted by atomic mass is 9.97. The van der Waals surface area contributed by atoms with E-state index < -0.39 is 0 Å². The monoisotopic (exact) mass is 233 g/mol. The molecule has 0 spiro atoms. The summed E-state index contributed by atoms with van der Waals surface area (Å²) in [6.07, 6.45) is 3.26. The van der Waals surface area contributed by atoms with Gasteiger partial charge in [0.25, 0.3) is 0 Å². The predicted molar refractivity (Wildman–Crippen MR) is 67.5 cm³/mol. The van der Waals surface area contributed by atoms with Crippen LogP contribution >= 0.6 is 0 Å². The van der Waals surface area contributed by atoms with Gasteiger partial charge in [-0.3, -0.25) is 4.79 Å². The van der Waals surface area contributed by atoms with Crippen molar-refractivity contribution in [1.29, 1.82) is 0 Å². The second-order valence-electron chi connectivity index (χ2n) is 4.68. The van der Waals surface area contributed by atoms with Gasteiger partial charge in [-0.1, -0.05) is 12.1 Å². The minimum atomic E-state index is 0.0689. The smallest absolute Gasteiger partial charge is 0.166 e. The molecule has 1 unspecified atom stereocenters. The Hall–Kier alpha value is -1.35. The minimum Gasteiger partial charge on any atom is -0.493 e. The molecule has 1 atom stereocenters. The summed E-state index contributed by atoms with van der Waals surface area (Å²) in [5.74, 6) is 0.939. The molecule has 2 N–H and O–H groups in total. The summed E-state index contributed by atoms with van der Waals surface area (Å²) in [4.78, 5) is 12.1. The lowest BCUT2D eigenvalue weighted by molar-refractivity contribution is 0.0973. The van der Waals surface area contributed by atoms with E-state index >= 15 is 0 Å². The van der Waals surface area contributed by atoms with Crippen LogP contribution in [-0.2, 0) is 6.42 Å². The van der Waals surface area contributed by atoms with Crippen molar-refractivity contribution in [2.45, 2.75) is 38.6 Å². The third-order valence-electron chi connectivity index (χ3n) is 3.06. The second-order valence-corrected chi connectivity index (χ2v) is 4.68. The molecule has 92 valence electrons. The number of hydrogen-bond acceptors (Lipinski definition) is 3. The standard InChI is InChI=1S/C14H19NO2/c1-10(15)7-8-13(16)12-6-2-4-11-5-3-9-17-14(11)12/h2,4,6,10H,3,5,7-9,15H2,1H3. The van der Waals surface area contributed by atoms with Gasteiger partial charge in [0.2, 0.25) is 0 Å². The number of rotatable bonds is 4. The number of nitrogens with two attached hydrogens (primary N) is 1. The van der Waals surface area contributed by atoms with Crippen LogP contribution in [0.3, 0.4) is 0 Å². The van der Waals surface area contributed by atoms with Gasteiger partial charge in [-0.25, -0.2) is 0 Å². The number of benzene rings is 1. The summed E-state index contributed by atoms with van der Waals surface area (Å²) in [6, 6.07) is 5.90. The summed E-state index contributed by atoms with van der Waals surface area (Å²) >= 11 is 0. The quantitative estimate of drug-likeness (QED) is 0.812. The van der Waals surface area contributed by atoms with Gasteiger partial charge >= 0.3 is 0 Å². The normalized spacial score (nSPS) is 15.9. The Kier molecular flexibility index (Phi) is 3.79. The molecule has 0 fully saturated rings. The topological polar surface area (TPSA) is 52.3 Å². The van der Waals surface area contributed by atoms with Crippen LogP contribution in [0.4, 0.5) is 0 Å². The molecule has 0 radical (unpaired) electrons. The van der Waals surface area contributed by atoms with Crippen LogP contribution in [0.5, 0.6) is 5.75 Å². The van der Waals surface area contributed by atoms with Crippen molar-refractivity contribution in [1.82, 2.24) is 0 Å². The number of ether oxygens (including phenoxy) is 1. The average Bonchev–Trinajstić information content (AvgIpc) is 2.35. The van der Waals surface area contributed by atoms with Crippen LogP contribution in [0, 0.1) is 0 Å². The van der Waals surface area contributed by atoms with E-state index in [1.807, 2.05) is 25.1 Å². The highest BCUT2D eigenvalue weighted by Crippen LogP contribution is 2.29. The van der Waals surface area contributed by atoms with Gasteiger partial charge in [-0.15, -0.1) is 0 Å². The predicted octanol–water partition coefficient (Wildman–Crippen LogP) is 2.32. The van der Waals surface area contributed by atoms with Crippen molar-refractivity contribution in [3.05, 3.63) is 29.3 Å². The van der Waals surface area contributed by atoms with Crippen LogP contribution < -0.4 is 10.5 Å². The van der Waals surface area contributed by atoms with Crippen molar-refractivity contribution < 1.29 is 9.53 Å². The van der Waals surface area contributed by atoms with Gasteiger partial charge in [-0.2, -0.15) is 0 Å². The van der Waals surface area contributed by atoms with E-state index in [9.17, 15) is 4.79 Å². The number of ketones is 1. The van der Waals surface area contributed by atoms with Crippen LogP contribution in [0.1, 0.15) is 42.1 Å². The fraction of sp³-hybridized carbons (Fsp3) is 0.500. The summed E-state index contributed by atoms with van der Waals surface area (Å²) < 4.78 is 5.63. The molecule has 1 aliphatic heterocycles. The molecule has 1 aliphatic rings. The van der Waals surface area contributed by atoms with Crippen molar-refractivity contribution >= 4 is 5.78 Å². The highest BCUT2D eigenvalue weighted by molar-refractivity contribution is 5.99. The zero-order chi connectivity index (χ0) is 12.3. The van der Waals surface area contributed by atoms with Gasteiger partial charge in [0, 0.05) is 12.5 Å². The summed E-state index contributed by atoms with van der Waals surface area (Å²) in [7, 11) is 0. The van der Waals surface area contributed by atoms with E-state index in [1.54, 1.807) is 0 Å². The Balaban J connectivity index is 2.17. The van der Waals surface area contributed by atoms with Crippen molar-refractivity contribution in [3.63, 3.8) is 0 Å². The summed E-state index contributed by atoms with van der Waals surface area (Å²) in [5, 5.41) is 0. The highest BCUT2D eigenvalue weighted by atomic mass is 16.5. The SMILES string of the molecule is CC(N)CCC(=O)c1cccc2c1OCCC2. The molecule has 0 saturated carbocycles. The lowest BCUT2D eigenvalue weighted by Crippen LogP contribution is -2.17. The minimum absolute atomic E-state index is 0.0689. The summed E-state index contributed by atoms with van der Waals surface area (Å²) in [6.45, 7) is 2.63. The lowest BCUT2D eigenvalue weighted by Gasteiger charge is -2.19. The van der Waals surface area contributed by atoms with Crippen LogP contribution in [0.15, 0.2) is 18.2 Å². The maximum atomic E-state index is 12.1. The number of carbonyl (C=O) groups is 1. The van der Waals surface area contributed by atoms with Gasteiger partial charge in [0.05, 0.1) is 12.2 Å². The van der Waals surface area contributed by atoms with E-state index in [0.29, 0.717) is 13.0 Å². The number of para-hydroxylation sites is 1. The van der Waals surface area contributed by atoms with Gasteiger partial charge in [0.1, 0.15) is 5.75 Å². The fourth-order valence-corrected chi connectivity index (χ4v) is 2.10. The van der Waals surface area contributed by atoms with Crippen molar-refractivity contribution in [2.24, 2.45) is 5.73 Å². The van der Waals surface area contributed by atoms with E-state index in [2.05, 4.69) is 0 Å². The Labute approximate surface area is 102 Å². The zero-order valence-electron chi connectivity index (χ0n) is 10.2. The van der Waals surface area contributed by atoms with Gasteiger partial charge in [0.15, 0.2) is 5.78 Å². The Morgan fingerprint density at radius 3 is 3.12 bits per heavy atom. The third kappa shape index (κ3) is 2.86. The molecule has 17 heavy (non-hydrogen) atoms. The Morgan fingerprint density at radius 2 is 2.35 bits per heavy atom. The second kappa shape index (κ2) is 5.32. The van der Waals surface area contributed by atoms with E-state index in [1.165, 1.54) is 0 Å². The first kappa shape index (κ1) is 12.1. The average molecular weight is 233 g/mol. The highest BCUT2D eigenvalue weighted by Gasteiger charge is 2.18. The first-order valence-corrected chi connectivity index (χ1v) is 6.22. The van der Waals surface area contributed by atoms with E-state index in [4.69, 9.17) is 10.5 Å². The summed E-state index contributed by atoms with van der Waals surface area (Å²) in [5.41, 5.74) is 7.55. The van der Waals surface area contributed by atoms with Crippen molar-refractivity contribution in [3.8, 4) is 5.75 Å². The number of hydrogen-bond donors (Lipinski definition) is 1. The maximum Gasteiger partial charge on any atom is 0.166 e. The Morgan fingerprint density at radius 1 is 1.53 bits per heavy atom. The number of carbonyl (C=O) groups excluding carboxylic acids is 1. The van der Waals surface area contributed by atoms with E-state index in [0.717, 1.165) is 36.1 Å². The number of fused-ring (bicyclic) bond motifs is 1. The first-order valence-electron chi connectivity index (χ1n) is 6.22. The third-order valence-corrected chi connectivity index (χ3v) is 3.06. The van der Waals surface area contributed by atoms with Crippen molar-refractivity contribution in [2.75, 3.05) is 6.61 Å². The molecule has 0 saturated heterocycles. The fourth-order valence-electron chi connectivity index (χ4n) is 2.10. The molecule has 2 rings (SSSR count). The molecule has 0 amide bonds. The molecule has 0 bridgehead atoms. The van der Waals surface area contributed by atoms with E-state index in [-0.39, 0.29) is 11.8 Å². The maximum absolute atomic E-state index is 12.1. The zero-order valence-corrected chi connectivity index (χ0v) is 10.2. The molecule has 3 nitrogen and oxygen atoms in total. The van der Waals surface area contributed by atoms with Crippen LogP contribution in [-0.4, -0.2) is 18.4 Å². The number of Topliss-reactive ketones (excluding diaryl/α,β-unsaturated/α-hetero) is 1. The molecule has 3 heteroatoms. The largest absolute Gasteiger partial charge is 0.493 e. The van der Waals surface area contributed by atoms with Crippen LogP contribution in [0.2, 0.25) is 0 Å². The van der Waals surface area contributed by atoms with Gasteiger partial charge < -0.3 is 10.5 Å². The molecule has 1 aromatic carbocycles. The molecule has 1 aromatic rings. The first-order chi connectivity index (χ1) is 8.18. The molecular weight excluding hydrogens is 214 g/mol. The molecule has 0 aliphatic carbocycles. The number of aryl methyl sites for hydroxylation is 1.